The molecule has 0 amide bonds. The maximum Gasteiger partial charge on any atom is 0.109 e. The van der Waals surface area contributed by atoms with Gasteiger partial charge in [0, 0.05) is 12.0 Å². The Morgan fingerprint density at radius 1 is 1.38 bits per heavy atom. The Kier molecular flexibility index (Phi) is 3.67. The monoisotopic (exact) mass is 240 g/mol. The van der Waals surface area contributed by atoms with Crippen molar-refractivity contribution in [3.8, 4) is 0 Å². The standard InChI is InChI=1S/C13H20O2S/c1-10-11(6-9-16-10)12(14)13(15-2)7-4-3-5-8-13/h6,9,12,14H,3-5,7-8H2,1-2H3. The molecule has 1 fully saturated rings. The average Bonchev–Trinajstić information content (AvgIpc) is 2.75. The van der Waals surface area contributed by atoms with E-state index in [4.69, 9.17) is 4.74 Å². The summed E-state index contributed by atoms with van der Waals surface area (Å²) in [6.07, 6.45) is 5.06. The summed E-state index contributed by atoms with van der Waals surface area (Å²) in [5.74, 6) is 0. The van der Waals surface area contributed by atoms with Gasteiger partial charge in [0.15, 0.2) is 0 Å². The molecule has 0 saturated heterocycles. The lowest BCUT2D eigenvalue weighted by Gasteiger charge is -2.40. The zero-order valence-electron chi connectivity index (χ0n) is 10.0. The topological polar surface area (TPSA) is 29.5 Å². The second kappa shape index (κ2) is 4.86. The van der Waals surface area contributed by atoms with E-state index in [0.29, 0.717) is 0 Å². The van der Waals surface area contributed by atoms with Gasteiger partial charge in [0.25, 0.3) is 0 Å². The number of hydrogen-bond donors (Lipinski definition) is 1. The molecule has 1 aromatic heterocycles. The fourth-order valence-electron chi connectivity index (χ4n) is 2.70. The van der Waals surface area contributed by atoms with E-state index < -0.39 is 6.10 Å². The maximum absolute atomic E-state index is 10.5. The number of methoxy groups -OCH3 is 1. The zero-order chi connectivity index (χ0) is 11.6. The second-order valence-electron chi connectivity index (χ2n) is 4.66. The van der Waals surface area contributed by atoms with Gasteiger partial charge in [-0.1, -0.05) is 19.3 Å². The first kappa shape index (κ1) is 12.1. The van der Waals surface area contributed by atoms with E-state index in [2.05, 4.69) is 6.92 Å². The molecular formula is C13H20O2S. The number of hydrogen-bond acceptors (Lipinski definition) is 3. The van der Waals surface area contributed by atoms with E-state index in [-0.39, 0.29) is 5.60 Å². The lowest BCUT2D eigenvalue weighted by atomic mass is 9.78. The van der Waals surface area contributed by atoms with Gasteiger partial charge >= 0.3 is 0 Å². The van der Waals surface area contributed by atoms with Crippen LogP contribution in [-0.2, 0) is 4.74 Å². The molecule has 0 spiro atoms. The number of aliphatic hydroxyl groups excluding tert-OH is 1. The quantitative estimate of drug-likeness (QED) is 0.877. The first-order valence-electron chi connectivity index (χ1n) is 5.97. The van der Waals surface area contributed by atoms with Crippen LogP contribution in [-0.4, -0.2) is 17.8 Å². The first-order chi connectivity index (χ1) is 7.69. The van der Waals surface area contributed by atoms with Crippen molar-refractivity contribution in [1.82, 2.24) is 0 Å². The molecule has 1 heterocycles. The van der Waals surface area contributed by atoms with Gasteiger partial charge in [-0.2, -0.15) is 0 Å². The third-order valence-corrected chi connectivity index (χ3v) is 4.66. The van der Waals surface area contributed by atoms with Crippen LogP contribution in [0.5, 0.6) is 0 Å². The minimum atomic E-state index is -0.468. The molecular weight excluding hydrogens is 220 g/mol. The third-order valence-electron chi connectivity index (χ3n) is 3.80. The Bertz CT molecular complexity index is 339. The van der Waals surface area contributed by atoms with Gasteiger partial charge in [0.05, 0.1) is 5.60 Å². The van der Waals surface area contributed by atoms with E-state index in [1.54, 1.807) is 18.4 Å². The van der Waals surface area contributed by atoms with Crippen molar-refractivity contribution in [3.63, 3.8) is 0 Å². The molecule has 2 nitrogen and oxygen atoms in total. The molecule has 1 saturated carbocycles. The Labute approximate surface area is 101 Å². The Hall–Kier alpha value is -0.380. The predicted molar refractivity (Wildman–Crippen MR) is 66.8 cm³/mol. The fraction of sp³-hybridized carbons (Fsp3) is 0.692. The van der Waals surface area contributed by atoms with Crippen molar-refractivity contribution in [2.24, 2.45) is 0 Å². The van der Waals surface area contributed by atoms with Crippen LogP contribution in [0.25, 0.3) is 0 Å². The normalized spacial score (nSPS) is 21.9. The van der Waals surface area contributed by atoms with Crippen LogP contribution >= 0.6 is 11.3 Å². The van der Waals surface area contributed by atoms with Crippen molar-refractivity contribution in [2.75, 3.05) is 7.11 Å². The molecule has 90 valence electrons. The predicted octanol–water partition coefficient (Wildman–Crippen LogP) is 3.44. The molecule has 1 aliphatic carbocycles. The third kappa shape index (κ3) is 2.04. The van der Waals surface area contributed by atoms with Crippen molar-refractivity contribution < 1.29 is 9.84 Å². The minimum Gasteiger partial charge on any atom is -0.385 e. The molecule has 1 atom stereocenters. The second-order valence-corrected chi connectivity index (χ2v) is 5.78. The van der Waals surface area contributed by atoms with E-state index in [0.717, 1.165) is 31.2 Å². The van der Waals surface area contributed by atoms with Gasteiger partial charge in [0.1, 0.15) is 6.10 Å². The van der Waals surface area contributed by atoms with Crippen LogP contribution in [0.3, 0.4) is 0 Å². The lowest BCUT2D eigenvalue weighted by molar-refractivity contribution is -0.125. The summed E-state index contributed by atoms with van der Waals surface area (Å²) < 4.78 is 5.67. The van der Waals surface area contributed by atoms with Gasteiger partial charge in [-0.3, -0.25) is 0 Å². The van der Waals surface area contributed by atoms with Crippen LogP contribution in [0.15, 0.2) is 11.4 Å². The molecule has 16 heavy (non-hydrogen) atoms. The summed E-state index contributed by atoms with van der Waals surface area (Å²) in [7, 11) is 1.73. The van der Waals surface area contributed by atoms with Crippen molar-refractivity contribution in [2.45, 2.75) is 50.7 Å². The zero-order valence-corrected chi connectivity index (χ0v) is 10.8. The highest BCUT2D eigenvalue weighted by atomic mass is 32.1. The summed E-state index contributed by atoms with van der Waals surface area (Å²) >= 11 is 1.69. The number of rotatable bonds is 3. The molecule has 0 aliphatic heterocycles. The molecule has 2 rings (SSSR count). The Balaban J connectivity index is 2.24. The summed E-state index contributed by atoms with van der Waals surface area (Å²) in [5, 5.41) is 12.6. The molecule has 3 heteroatoms. The molecule has 0 bridgehead atoms. The highest BCUT2D eigenvalue weighted by Gasteiger charge is 2.40. The summed E-state index contributed by atoms with van der Waals surface area (Å²) in [5.41, 5.74) is 0.707. The lowest BCUT2D eigenvalue weighted by Crippen LogP contribution is -2.40. The highest BCUT2D eigenvalue weighted by molar-refractivity contribution is 7.10. The van der Waals surface area contributed by atoms with E-state index in [1.807, 2.05) is 11.4 Å². The highest BCUT2D eigenvalue weighted by Crippen LogP contribution is 2.42. The van der Waals surface area contributed by atoms with Crippen LogP contribution in [0.2, 0.25) is 0 Å². The van der Waals surface area contributed by atoms with Crippen molar-refractivity contribution in [1.29, 1.82) is 0 Å². The molecule has 1 N–H and O–H groups in total. The summed E-state index contributed by atoms with van der Waals surface area (Å²) in [6, 6.07) is 2.03. The van der Waals surface area contributed by atoms with E-state index in [1.165, 1.54) is 11.3 Å². The molecule has 1 aliphatic rings. The summed E-state index contributed by atoms with van der Waals surface area (Å²) in [4.78, 5) is 1.20. The van der Waals surface area contributed by atoms with Crippen LogP contribution in [0.4, 0.5) is 0 Å². The van der Waals surface area contributed by atoms with Gasteiger partial charge < -0.3 is 9.84 Å². The number of ether oxygens (including phenoxy) is 1. The van der Waals surface area contributed by atoms with Gasteiger partial charge in [-0.05, 0) is 36.8 Å². The number of thiophene rings is 1. The minimum absolute atomic E-state index is 0.343. The largest absolute Gasteiger partial charge is 0.385 e. The van der Waals surface area contributed by atoms with Gasteiger partial charge in [-0.15, -0.1) is 11.3 Å². The van der Waals surface area contributed by atoms with E-state index >= 15 is 0 Å². The van der Waals surface area contributed by atoms with Crippen LogP contribution in [0.1, 0.15) is 48.6 Å². The number of aliphatic hydroxyl groups is 1. The van der Waals surface area contributed by atoms with Gasteiger partial charge in [-0.25, -0.2) is 0 Å². The van der Waals surface area contributed by atoms with Crippen LogP contribution in [0, 0.1) is 6.92 Å². The maximum atomic E-state index is 10.5. The molecule has 0 radical (unpaired) electrons. The molecule has 0 aromatic carbocycles. The molecule has 1 aromatic rings. The average molecular weight is 240 g/mol. The van der Waals surface area contributed by atoms with Gasteiger partial charge in [0.2, 0.25) is 0 Å². The Morgan fingerprint density at radius 2 is 2.06 bits per heavy atom. The van der Waals surface area contributed by atoms with E-state index in [9.17, 15) is 5.11 Å². The van der Waals surface area contributed by atoms with Crippen LogP contribution < -0.4 is 0 Å². The van der Waals surface area contributed by atoms with Crippen molar-refractivity contribution >= 4 is 11.3 Å². The van der Waals surface area contributed by atoms with Crippen molar-refractivity contribution in [3.05, 3.63) is 21.9 Å². The number of aryl methyl sites for hydroxylation is 1. The molecule has 1 unspecified atom stereocenters. The smallest absolute Gasteiger partial charge is 0.109 e. The first-order valence-corrected chi connectivity index (χ1v) is 6.85. The SMILES string of the molecule is COC1(C(O)c2ccsc2C)CCCCC1. The summed E-state index contributed by atoms with van der Waals surface area (Å²) in [6.45, 7) is 2.06. The fourth-order valence-corrected chi connectivity index (χ4v) is 3.44. The Morgan fingerprint density at radius 3 is 2.56 bits per heavy atom.